The molecule has 2 heterocycles. The van der Waals surface area contributed by atoms with E-state index >= 15 is 0 Å². The van der Waals surface area contributed by atoms with Gasteiger partial charge in [-0.15, -0.1) is 0 Å². The third-order valence-electron chi connectivity index (χ3n) is 6.06. The minimum absolute atomic E-state index is 0.0132. The summed E-state index contributed by atoms with van der Waals surface area (Å²) in [7, 11) is 0. The molecule has 6 heteroatoms. The minimum Gasteiger partial charge on any atom is -0.369 e. The molecular formula is C23H31N5O. The van der Waals surface area contributed by atoms with Gasteiger partial charge in [0, 0.05) is 30.9 Å². The van der Waals surface area contributed by atoms with Crippen LogP contribution in [0.4, 0.5) is 5.82 Å². The lowest BCUT2D eigenvalue weighted by molar-refractivity contribution is -0.123. The molecule has 0 spiro atoms. The Hall–Kier alpha value is -2.47. The molecule has 1 aliphatic carbocycles. The first-order valence-corrected chi connectivity index (χ1v) is 10.8. The number of benzene rings is 1. The second-order valence-electron chi connectivity index (χ2n) is 8.40. The monoisotopic (exact) mass is 393 g/mol. The SMILES string of the molecule is Cc1nc2c(c(NCc3cccc(CN4CCCC(C(N)=O)C4)c3)n1)CCCC2. The molecule has 0 saturated carbocycles. The number of fused-ring (bicyclic) bond motifs is 1. The summed E-state index contributed by atoms with van der Waals surface area (Å²) in [6, 6.07) is 8.68. The topological polar surface area (TPSA) is 84.1 Å². The Morgan fingerprint density at radius 2 is 2.03 bits per heavy atom. The highest BCUT2D eigenvalue weighted by Gasteiger charge is 2.24. The van der Waals surface area contributed by atoms with Crippen LogP contribution < -0.4 is 11.1 Å². The molecule has 1 saturated heterocycles. The number of nitrogens with two attached hydrogens (primary N) is 1. The molecule has 1 aromatic heterocycles. The van der Waals surface area contributed by atoms with Crippen molar-refractivity contribution in [2.45, 2.75) is 58.5 Å². The van der Waals surface area contributed by atoms with Crippen molar-refractivity contribution in [2.24, 2.45) is 11.7 Å². The number of rotatable bonds is 6. The van der Waals surface area contributed by atoms with Gasteiger partial charge in [-0.3, -0.25) is 9.69 Å². The van der Waals surface area contributed by atoms with E-state index in [1.54, 1.807) is 0 Å². The van der Waals surface area contributed by atoms with Crippen molar-refractivity contribution in [2.75, 3.05) is 18.4 Å². The second-order valence-corrected chi connectivity index (χ2v) is 8.40. The van der Waals surface area contributed by atoms with Gasteiger partial charge in [0.1, 0.15) is 11.6 Å². The van der Waals surface area contributed by atoms with Crippen LogP contribution in [-0.4, -0.2) is 33.9 Å². The van der Waals surface area contributed by atoms with Crippen molar-refractivity contribution < 1.29 is 4.79 Å². The number of primary amides is 1. The number of likely N-dealkylation sites (tertiary alicyclic amines) is 1. The van der Waals surface area contributed by atoms with Crippen LogP contribution in [-0.2, 0) is 30.7 Å². The summed E-state index contributed by atoms with van der Waals surface area (Å²) in [5, 5.41) is 3.56. The number of hydrogen-bond donors (Lipinski definition) is 2. The fraction of sp³-hybridized carbons (Fsp3) is 0.522. The summed E-state index contributed by atoms with van der Waals surface area (Å²) in [6.07, 6.45) is 6.51. The maximum atomic E-state index is 11.5. The zero-order valence-electron chi connectivity index (χ0n) is 17.3. The first-order valence-electron chi connectivity index (χ1n) is 10.8. The number of anilines is 1. The van der Waals surface area contributed by atoms with Crippen molar-refractivity contribution in [3.8, 4) is 0 Å². The first-order chi connectivity index (χ1) is 14.1. The molecule has 2 aliphatic rings. The molecule has 0 radical (unpaired) electrons. The zero-order valence-corrected chi connectivity index (χ0v) is 17.3. The summed E-state index contributed by atoms with van der Waals surface area (Å²) in [4.78, 5) is 23.2. The number of piperidine rings is 1. The van der Waals surface area contributed by atoms with E-state index in [2.05, 4.69) is 44.5 Å². The van der Waals surface area contributed by atoms with Gasteiger partial charge in [-0.25, -0.2) is 9.97 Å². The van der Waals surface area contributed by atoms with E-state index in [4.69, 9.17) is 5.73 Å². The Morgan fingerprint density at radius 3 is 2.90 bits per heavy atom. The number of nitrogens with zero attached hydrogens (tertiary/aromatic N) is 3. The molecule has 1 atom stereocenters. The highest BCUT2D eigenvalue weighted by atomic mass is 16.1. The van der Waals surface area contributed by atoms with Gasteiger partial charge >= 0.3 is 0 Å². The summed E-state index contributed by atoms with van der Waals surface area (Å²) in [6.45, 7) is 5.38. The Morgan fingerprint density at radius 1 is 1.21 bits per heavy atom. The van der Waals surface area contributed by atoms with Crippen LogP contribution in [0.3, 0.4) is 0 Å². The van der Waals surface area contributed by atoms with E-state index in [1.807, 2.05) is 6.92 Å². The fourth-order valence-corrected chi connectivity index (χ4v) is 4.58. The maximum Gasteiger partial charge on any atom is 0.221 e. The van der Waals surface area contributed by atoms with Gasteiger partial charge in [-0.1, -0.05) is 24.3 Å². The van der Waals surface area contributed by atoms with Gasteiger partial charge in [-0.05, 0) is 63.1 Å². The minimum atomic E-state index is -0.170. The van der Waals surface area contributed by atoms with Crippen molar-refractivity contribution in [1.29, 1.82) is 0 Å². The average molecular weight is 394 g/mol. The quantitative estimate of drug-likeness (QED) is 0.788. The van der Waals surface area contributed by atoms with Gasteiger partial charge in [0.15, 0.2) is 0 Å². The molecule has 1 unspecified atom stereocenters. The summed E-state index contributed by atoms with van der Waals surface area (Å²) < 4.78 is 0. The number of carbonyl (C=O) groups is 1. The smallest absolute Gasteiger partial charge is 0.221 e. The summed E-state index contributed by atoms with van der Waals surface area (Å²) >= 11 is 0. The molecule has 154 valence electrons. The van der Waals surface area contributed by atoms with Crippen LogP contribution in [0.5, 0.6) is 0 Å². The van der Waals surface area contributed by atoms with Crippen LogP contribution in [0.1, 0.15) is 53.9 Å². The molecule has 1 fully saturated rings. The fourth-order valence-electron chi connectivity index (χ4n) is 4.58. The van der Waals surface area contributed by atoms with E-state index in [9.17, 15) is 4.79 Å². The Balaban J connectivity index is 1.41. The molecule has 1 aromatic carbocycles. The third-order valence-corrected chi connectivity index (χ3v) is 6.06. The molecule has 29 heavy (non-hydrogen) atoms. The number of nitrogens with one attached hydrogen (secondary N) is 1. The van der Waals surface area contributed by atoms with Crippen LogP contribution in [0, 0.1) is 12.8 Å². The number of amides is 1. The lowest BCUT2D eigenvalue weighted by atomic mass is 9.96. The molecule has 4 rings (SSSR count). The van der Waals surface area contributed by atoms with Gasteiger partial charge in [-0.2, -0.15) is 0 Å². The van der Waals surface area contributed by atoms with E-state index in [1.165, 1.54) is 35.2 Å². The predicted octanol–water partition coefficient (Wildman–Crippen LogP) is 2.97. The third kappa shape index (κ3) is 4.93. The normalized spacial score (nSPS) is 19.6. The van der Waals surface area contributed by atoms with Crippen molar-refractivity contribution >= 4 is 11.7 Å². The average Bonchev–Trinajstić information content (AvgIpc) is 2.72. The van der Waals surface area contributed by atoms with Gasteiger partial charge in [0.25, 0.3) is 0 Å². The van der Waals surface area contributed by atoms with Crippen LogP contribution >= 0.6 is 0 Å². The van der Waals surface area contributed by atoms with Crippen LogP contribution in [0.25, 0.3) is 0 Å². The number of aryl methyl sites for hydroxylation is 2. The molecular weight excluding hydrogens is 362 g/mol. The van der Waals surface area contributed by atoms with Crippen LogP contribution in [0.2, 0.25) is 0 Å². The maximum absolute atomic E-state index is 11.5. The second kappa shape index (κ2) is 8.91. The highest BCUT2D eigenvalue weighted by Crippen LogP contribution is 2.26. The van der Waals surface area contributed by atoms with Crippen molar-refractivity contribution in [3.05, 3.63) is 52.5 Å². The van der Waals surface area contributed by atoms with Crippen molar-refractivity contribution in [3.63, 3.8) is 0 Å². The van der Waals surface area contributed by atoms with Gasteiger partial charge in [0.05, 0.1) is 5.92 Å². The Bertz CT molecular complexity index is 882. The van der Waals surface area contributed by atoms with Crippen molar-refractivity contribution in [1.82, 2.24) is 14.9 Å². The van der Waals surface area contributed by atoms with E-state index in [0.29, 0.717) is 0 Å². The van der Waals surface area contributed by atoms with E-state index < -0.39 is 0 Å². The molecule has 0 bridgehead atoms. The van der Waals surface area contributed by atoms with E-state index in [0.717, 1.165) is 63.5 Å². The highest BCUT2D eigenvalue weighted by molar-refractivity contribution is 5.76. The summed E-state index contributed by atoms with van der Waals surface area (Å²) in [5.74, 6) is 1.66. The molecule has 1 amide bonds. The first kappa shape index (κ1) is 19.8. The molecule has 3 N–H and O–H groups in total. The summed E-state index contributed by atoms with van der Waals surface area (Å²) in [5.41, 5.74) is 10.5. The molecule has 2 aromatic rings. The Kier molecular flexibility index (Phi) is 6.09. The number of aromatic nitrogens is 2. The van der Waals surface area contributed by atoms with Gasteiger partial charge in [0.2, 0.25) is 5.91 Å². The van der Waals surface area contributed by atoms with Crippen LogP contribution in [0.15, 0.2) is 24.3 Å². The Labute approximate surface area is 172 Å². The molecule has 6 nitrogen and oxygen atoms in total. The number of hydrogen-bond acceptors (Lipinski definition) is 5. The largest absolute Gasteiger partial charge is 0.369 e. The van der Waals surface area contributed by atoms with E-state index in [-0.39, 0.29) is 11.8 Å². The predicted molar refractivity (Wildman–Crippen MR) is 114 cm³/mol. The lowest BCUT2D eigenvalue weighted by Gasteiger charge is -2.31. The standard InChI is InChI=1S/C23H31N5O/c1-16-26-21-10-3-2-9-20(21)23(27-16)25-13-17-6-4-7-18(12-17)14-28-11-5-8-19(15-28)22(24)29/h4,6-7,12,19H,2-3,5,8-11,13-15H2,1H3,(H2,24,29)(H,25,26,27). The lowest BCUT2D eigenvalue weighted by Crippen LogP contribution is -2.40. The number of carbonyl (C=O) groups excluding carboxylic acids is 1. The molecule has 1 aliphatic heterocycles. The zero-order chi connectivity index (χ0) is 20.2. The van der Waals surface area contributed by atoms with Gasteiger partial charge < -0.3 is 11.1 Å².